The molecule has 0 aliphatic rings. The lowest BCUT2D eigenvalue weighted by atomic mass is 10.0. The largest absolute Gasteiger partial charge is 0.285 e. The Morgan fingerprint density at radius 1 is 0.722 bits per heavy atom. The second kappa shape index (κ2) is 5.34. The molecular formula is C14H8Cl2O2. The summed E-state index contributed by atoms with van der Waals surface area (Å²) in [5, 5.41) is 0.355. The van der Waals surface area contributed by atoms with Crippen molar-refractivity contribution in [3.63, 3.8) is 0 Å². The molecule has 2 rings (SSSR count). The number of hydrogen-bond acceptors (Lipinski definition) is 2. The van der Waals surface area contributed by atoms with Gasteiger partial charge in [0.15, 0.2) is 0 Å². The van der Waals surface area contributed by atoms with Crippen LogP contribution < -0.4 is 0 Å². The molecule has 18 heavy (non-hydrogen) atoms. The molecule has 0 aliphatic carbocycles. The summed E-state index contributed by atoms with van der Waals surface area (Å²) in [6, 6.07) is 13.0. The lowest BCUT2D eigenvalue weighted by molar-refractivity contribution is 0.0817. The van der Waals surface area contributed by atoms with Gasteiger partial charge in [-0.25, -0.2) is 0 Å². The second-order valence-corrected chi connectivity index (χ2v) is 4.44. The smallest absolute Gasteiger partial charge is 0.236 e. The molecule has 0 radical (unpaired) electrons. The summed E-state index contributed by atoms with van der Waals surface area (Å²) >= 11 is 11.8. The van der Waals surface area contributed by atoms with Crippen LogP contribution in [0.15, 0.2) is 48.5 Å². The summed E-state index contributed by atoms with van der Waals surface area (Å²) in [6.45, 7) is 0. The minimum atomic E-state index is -0.697. The van der Waals surface area contributed by atoms with E-state index in [1.54, 1.807) is 36.4 Å². The highest BCUT2D eigenvalue weighted by Crippen LogP contribution is 2.25. The predicted octanol–water partition coefficient (Wildman–Crippen LogP) is 4.06. The number of carbonyl (C=O) groups is 2. The van der Waals surface area contributed by atoms with Crippen LogP contribution in [0.1, 0.15) is 20.7 Å². The highest BCUT2D eigenvalue weighted by molar-refractivity contribution is 6.54. The van der Waals surface area contributed by atoms with Crippen LogP contribution in [-0.2, 0) is 0 Å². The summed E-state index contributed by atoms with van der Waals surface area (Å²) in [7, 11) is 0. The lowest BCUT2D eigenvalue weighted by Crippen LogP contribution is -2.15. The van der Waals surface area contributed by atoms with Gasteiger partial charge in [-0.2, -0.15) is 0 Å². The van der Waals surface area contributed by atoms with Crippen LogP contribution in [0.25, 0.3) is 0 Å². The van der Waals surface area contributed by atoms with E-state index in [4.69, 9.17) is 23.2 Å². The van der Waals surface area contributed by atoms with Crippen molar-refractivity contribution in [3.8, 4) is 0 Å². The van der Waals surface area contributed by atoms with E-state index in [9.17, 15) is 9.59 Å². The van der Waals surface area contributed by atoms with E-state index in [1.807, 2.05) is 0 Å². The summed E-state index contributed by atoms with van der Waals surface area (Å²) in [4.78, 5) is 24.1. The minimum Gasteiger partial charge on any atom is -0.285 e. The van der Waals surface area contributed by atoms with Crippen LogP contribution in [0.4, 0.5) is 0 Å². The molecule has 0 N–H and O–H groups in total. The third-order valence-corrected chi connectivity index (χ3v) is 3.06. The standard InChI is InChI=1S/C14H8Cl2O2/c15-10-7-4-8-11(16)12(10)14(18)13(17)9-5-2-1-3-6-9/h1-8H. The molecule has 2 aromatic rings. The average molecular weight is 279 g/mol. The Hall–Kier alpha value is -1.64. The molecule has 0 aliphatic heterocycles. The first-order chi connectivity index (χ1) is 8.61. The number of carbonyl (C=O) groups excluding carboxylic acids is 2. The van der Waals surface area contributed by atoms with Gasteiger partial charge in [-0.05, 0) is 12.1 Å². The zero-order valence-electron chi connectivity index (χ0n) is 9.19. The quantitative estimate of drug-likeness (QED) is 0.627. The van der Waals surface area contributed by atoms with Crippen molar-refractivity contribution in [1.29, 1.82) is 0 Å². The van der Waals surface area contributed by atoms with Gasteiger partial charge in [0.05, 0.1) is 15.6 Å². The molecule has 2 aromatic carbocycles. The summed E-state index contributed by atoms with van der Waals surface area (Å²) in [5.74, 6) is -1.32. The van der Waals surface area contributed by atoms with Gasteiger partial charge in [0.25, 0.3) is 0 Å². The first kappa shape index (κ1) is 12.8. The van der Waals surface area contributed by atoms with Crippen molar-refractivity contribution in [3.05, 3.63) is 69.7 Å². The number of benzene rings is 2. The Balaban J connectivity index is 2.41. The Labute approximate surface area is 114 Å². The van der Waals surface area contributed by atoms with Crippen molar-refractivity contribution < 1.29 is 9.59 Å². The van der Waals surface area contributed by atoms with E-state index in [0.717, 1.165) is 0 Å². The number of rotatable bonds is 3. The molecule has 0 saturated heterocycles. The molecular weight excluding hydrogens is 271 g/mol. The zero-order valence-corrected chi connectivity index (χ0v) is 10.7. The number of hydrogen-bond donors (Lipinski definition) is 0. The molecule has 0 unspecified atom stereocenters. The molecule has 0 heterocycles. The van der Waals surface area contributed by atoms with Gasteiger partial charge in [-0.3, -0.25) is 9.59 Å². The van der Waals surface area contributed by atoms with Crippen LogP contribution in [0.5, 0.6) is 0 Å². The van der Waals surface area contributed by atoms with Crippen molar-refractivity contribution >= 4 is 34.8 Å². The van der Waals surface area contributed by atoms with Crippen molar-refractivity contribution in [2.24, 2.45) is 0 Å². The highest BCUT2D eigenvalue weighted by atomic mass is 35.5. The minimum absolute atomic E-state index is 0.0506. The van der Waals surface area contributed by atoms with Gasteiger partial charge < -0.3 is 0 Å². The fourth-order valence-corrected chi connectivity index (χ4v) is 2.12. The van der Waals surface area contributed by atoms with Gasteiger partial charge in [0.1, 0.15) is 0 Å². The van der Waals surface area contributed by atoms with Crippen LogP contribution >= 0.6 is 23.2 Å². The second-order valence-electron chi connectivity index (χ2n) is 3.62. The van der Waals surface area contributed by atoms with E-state index < -0.39 is 11.6 Å². The van der Waals surface area contributed by atoms with E-state index in [2.05, 4.69) is 0 Å². The summed E-state index contributed by atoms with van der Waals surface area (Å²) in [6.07, 6.45) is 0. The Morgan fingerprint density at radius 2 is 1.28 bits per heavy atom. The molecule has 0 aromatic heterocycles. The van der Waals surface area contributed by atoms with Crippen LogP contribution in [0, 0.1) is 0 Å². The zero-order chi connectivity index (χ0) is 13.1. The number of Topliss-reactive ketones (excluding diaryl/α,β-unsaturated/α-hetero) is 2. The molecule has 0 amide bonds. The van der Waals surface area contributed by atoms with Crippen molar-refractivity contribution in [2.45, 2.75) is 0 Å². The van der Waals surface area contributed by atoms with Gasteiger partial charge in [0.2, 0.25) is 11.6 Å². The van der Waals surface area contributed by atoms with Gasteiger partial charge in [0, 0.05) is 5.56 Å². The van der Waals surface area contributed by atoms with Crippen LogP contribution in [0.3, 0.4) is 0 Å². The molecule has 0 spiro atoms. The van der Waals surface area contributed by atoms with Crippen molar-refractivity contribution in [1.82, 2.24) is 0 Å². The normalized spacial score (nSPS) is 10.1. The van der Waals surface area contributed by atoms with Gasteiger partial charge >= 0.3 is 0 Å². The fraction of sp³-hybridized carbons (Fsp3) is 0. The molecule has 4 heteroatoms. The van der Waals surface area contributed by atoms with E-state index in [0.29, 0.717) is 5.56 Å². The average Bonchev–Trinajstić information content (AvgIpc) is 2.38. The maximum Gasteiger partial charge on any atom is 0.236 e. The number of ketones is 2. The Morgan fingerprint density at radius 3 is 1.83 bits per heavy atom. The molecule has 0 saturated carbocycles. The topological polar surface area (TPSA) is 34.1 Å². The maximum absolute atomic E-state index is 12.1. The SMILES string of the molecule is O=C(C(=O)c1c(Cl)cccc1Cl)c1ccccc1. The maximum atomic E-state index is 12.1. The van der Waals surface area contributed by atoms with E-state index in [-0.39, 0.29) is 15.6 Å². The monoisotopic (exact) mass is 278 g/mol. The number of halogens is 2. The molecule has 0 atom stereocenters. The van der Waals surface area contributed by atoms with E-state index >= 15 is 0 Å². The predicted molar refractivity (Wildman–Crippen MR) is 71.6 cm³/mol. The highest BCUT2D eigenvalue weighted by Gasteiger charge is 2.22. The van der Waals surface area contributed by atoms with E-state index in [1.165, 1.54) is 12.1 Å². The van der Waals surface area contributed by atoms with Crippen molar-refractivity contribution in [2.75, 3.05) is 0 Å². The molecule has 90 valence electrons. The van der Waals surface area contributed by atoms with Crippen LogP contribution in [-0.4, -0.2) is 11.6 Å². The summed E-state index contributed by atoms with van der Waals surface area (Å²) < 4.78 is 0. The van der Waals surface area contributed by atoms with Crippen LogP contribution in [0.2, 0.25) is 10.0 Å². The lowest BCUT2D eigenvalue weighted by Gasteiger charge is -2.05. The molecule has 0 bridgehead atoms. The first-order valence-corrected chi connectivity index (χ1v) is 5.95. The molecule has 0 fully saturated rings. The van der Waals surface area contributed by atoms with Gasteiger partial charge in [-0.15, -0.1) is 0 Å². The third kappa shape index (κ3) is 2.45. The molecule has 2 nitrogen and oxygen atoms in total. The first-order valence-electron chi connectivity index (χ1n) is 5.19. The third-order valence-electron chi connectivity index (χ3n) is 2.43. The Kier molecular flexibility index (Phi) is 3.80. The fourth-order valence-electron chi connectivity index (χ4n) is 1.55. The summed E-state index contributed by atoms with van der Waals surface area (Å²) in [5.41, 5.74) is 0.369. The Bertz CT molecular complexity index is 586. The van der Waals surface area contributed by atoms with Gasteiger partial charge in [-0.1, -0.05) is 59.6 Å².